The van der Waals surface area contributed by atoms with Gasteiger partial charge >= 0.3 is 5.97 Å². The highest BCUT2D eigenvalue weighted by atomic mass is 35.5. The summed E-state index contributed by atoms with van der Waals surface area (Å²) < 4.78 is 16.9. The van der Waals surface area contributed by atoms with Gasteiger partial charge in [-0.05, 0) is 17.7 Å². The number of carboxylic acid groups (broad SMARTS) is 1. The number of benzene rings is 1. The minimum atomic E-state index is -2.30. The number of halogens is 2. The van der Waals surface area contributed by atoms with E-state index in [-0.39, 0.29) is 6.61 Å². The molecule has 0 radical (unpaired) electrons. The zero-order chi connectivity index (χ0) is 10.6. The first-order chi connectivity index (χ1) is 6.59. The van der Waals surface area contributed by atoms with E-state index in [0.29, 0.717) is 10.6 Å². The molecule has 1 rings (SSSR count). The Morgan fingerprint density at radius 2 is 2.36 bits per heavy atom. The quantitative estimate of drug-likeness (QED) is 0.843. The van der Waals surface area contributed by atoms with Crippen molar-refractivity contribution in [3.05, 3.63) is 34.9 Å². The van der Waals surface area contributed by atoms with Crippen LogP contribution in [0.4, 0.5) is 4.39 Å². The van der Waals surface area contributed by atoms with Crippen LogP contribution in [0.25, 0.3) is 0 Å². The fraction of sp³-hybridized carbons (Fsp3) is 0.222. The lowest BCUT2D eigenvalue weighted by Gasteiger charge is -2.05. The third-order valence-corrected chi connectivity index (χ3v) is 1.71. The van der Waals surface area contributed by atoms with Gasteiger partial charge < -0.3 is 9.84 Å². The number of aliphatic carboxylic acids is 1. The van der Waals surface area contributed by atoms with Crippen molar-refractivity contribution in [3.8, 4) is 0 Å². The van der Waals surface area contributed by atoms with Crippen LogP contribution in [-0.4, -0.2) is 17.4 Å². The number of rotatable bonds is 4. The SMILES string of the molecule is O=C(O)C(F)OCc1cccc(Cl)c1. The first-order valence-electron chi connectivity index (χ1n) is 3.82. The van der Waals surface area contributed by atoms with Crippen molar-refractivity contribution in [2.24, 2.45) is 0 Å². The molecule has 0 saturated heterocycles. The molecule has 0 heterocycles. The van der Waals surface area contributed by atoms with E-state index in [1.54, 1.807) is 24.3 Å². The topological polar surface area (TPSA) is 46.5 Å². The van der Waals surface area contributed by atoms with Crippen LogP contribution in [0.15, 0.2) is 24.3 Å². The Balaban J connectivity index is 2.49. The standard InChI is InChI=1S/C9H8ClFO3/c10-7-3-1-2-6(4-7)5-14-8(11)9(12)13/h1-4,8H,5H2,(H,12,13). The normalized spacial score (nSPS) is 12.4. The van der Waals surface area contributed by atoms with E-state index in [1.165, 1.54) is 0 Å². The van der Waals surface area contributed by atoms with E-state index in [0.717, 1.165) is 0 Å². The zero-order valence-corrected chi connectivity index (χ0v) is 7.87. The summed E-state index contributed by atoms with van der Waals surface area (Å²) in [7, 11) is 0. The highest BCUT2D eigenvalue weighted by Crippen LogP contribution is 2.12. The molecule has 1 aromatic carbocycles. The van der Waals surface area contributed by atoms with Gasteiger partial charge in [0.1, 0.15) is 0 Å². The van der Waals surface area contributed by atoms with E-state index in [1.807, 2.05) is 0 Å². The average molecular weight is 219 g/mol. The highest BCUT2D eigenvalue weighted by molar-refractivity contribution is 6.30. The van der Waals surface area contributed by atoms with Crippen molar-refractivity contribution in [1.82, 2.24) is 0 Å². The Labute approximate surface area is 85.1 Å². The predicted molar refractivity (Wildman–Crippen MR) is 48.8 cm³/mol. The molecule has 0 aliphatic carbocycles. The second kappa shape index (κ2) is 4.93. The number of alkyl halides is 1. The lowest BCUT2D eigenvalue weighted by Crippen LogP contribution is -2.17. The molecule has 1 atom stereocenters. The molecule has 0 aliphatic rings. The molecule has 1 unspecified atom stereocenters. The second-order valence-corrected chi connectivity index (χ2v) is 3.03. The van der Waals surface area contributed by atoms with E-state index in [2.05, 4.69) is 4.74 Å². The summed E-state index contributed by atoms with van der Waals surface area (Å²) in [5, 5.41) is 8.69. The molecule has 0 aromatic heterocycles. The Morgan fingerprint density at radius 1 is 1.64 bits per heavy atom. The fourth-order valence-electron chi connectivity index (χ4n) is 0.867. The minimum Gasteiger partial charge on any atom is -0.477 e. The lowest BCUT2D eigenvalue weighted by molar-refractivity contribution is -0.164. The Morgan fingerprint density at radius 3 is 2.93 bits per heavy atom. The van der Waals surface area contributed by atoms with Gasteiger partial charge in [0.15, 0.2) is 0 Å². The Bertz CT molecular complexity index is 330. The second-order valence-electron chi connectivity index (χ2n) is 2.60. The molecule has 14 heavy (non-hydrogen) atoms. The van der Waals surface area contributed by atoms with Gasteiger partial charge in [-0.25, -0.2) is 9.18 Å². The fourth-order valence-corrected chi connectivity index (χ4v) is 1.08. The maximum atomic E-state index is 12.5. The van der Waals surface area contributed by atoms with E-state index in [4.69, 9.17) is 16.7 Å². The summed E-state index contributed by atoms with van der Waals surface area (Å²) in [5.41, 5.74) is 0.626. The smallest absolute Gasteiger partial charge is 0.366 e. The molecule has 0 amide bonds. The average Bonchev–Trinajstić information content (AvgIpc) is 2.14. The Hall–Kier alpha value is -1.13. The van der Waals surface area contributed by atoms with Gasteiger partial charge in [-0.3, -0.25) is 0 Å². The van der Waals surface area contributed by atoms with Crippen molar-refractivity contribution in [2.45, 2.75) is 13.0 Å². The zero-order valence-electron chi connectivity index (χ0n) is 7.11. The molecule has 0 fully saturated rings. The van der Waals surface area contributed by atoms with Gasteiger partial charge in [-0.2, -0.15) is 0 Å². The first kappa shape index (κ1) is 10.9. The number of ether oxygens (including phenoxy) is 1. The number of hydrogen-bond donors (Lipinski definition) is 1. The van der Waals surface area contributed by atoms with Gasteiger partial charge in [-0.15, -0.1) is 0 Å². The molecule has 0 aliphatic heterocycles. The van der Waals surface area contributed by atoms with E-state index < -0.39 is 12.3 Å². The van der Waals surface area contributed by atoms with Crippen LogP contribution in [0.3, 0.4) is 0 Å². The van der Waals surface area contributed by atoms with Crippen molar-refractivity contribution in [3.63, 3.8) is 0 Å². The van der Waals surface area contributed by atoms with Crippen LogP contribution in [0.5, 0.6) is 0 Å². The third kappa shape index (κ3) is 3.32. The maximum Gasteiger partial charge on any atom is 0.366 e. The van der Waals surface area contributed by atoms with Crippen molar-refractivity contribution >= 4 is 17.6 Å². The van der Waals surface area contributed by atoms with Gasteiger partial charge in [0.2, 0.25) is 0 Å². The monoisotopic (exact) mass is 218 g/mol. The summed E-state index contributed by atoms with van der Waals surface area (Å²) >= 11 is 5.66. The molecule has 0 saturated carbocycles. The summed E-state index contributed by atoms with van der Waals surface area (Å²) in [5.74, 6) is -1.63. The minimum absolute atomic E-state index is 0.117. The van der Waals surface area contributed by atoms with E-state index >= 15 is 0 Å². The third-order valence-electron chi connectivity index (χ3n) is 1.48. The molecule has 1 aromatic rings. The maximum absolute atomic E-state index is 12.5. The molecule has 0 spiro atoms. The van der Waals surface area contributed by atoms with Crippen LogP contribution in [0.1, 0.15) is 5.56 Å². The molecule has 5 heteroatoms. The predicted octanol–water partition coefficient (Wildman–Crippen LogP) is 2.24. The van der Waals surface area contributed by atoms with Crippen LogP contribution < -0.4 is 0 Å². The van der Waals surface area contributed by atoms with Crippen molar-refractivity contribution in [1.29, 1.82) is 0 Å². The van der Waals surface area contributed by atoms with Crippen LogP contribution in [0, 0.1) is 0 Å². The van der Waals surface area contributed by atoms with Crippen LogP contribution in [0.2, 0.25) is 5.02 Å². The summed E-state index contributed by atoms with van der Waals surface area (Å²) in [6, 6.07) is 6.58. The molecule has 3 nitrogen and oxygen atoms in total. The summed E-state index contributed by atoms with van der Waals surface area (Å²) in [4.78, 5) is 10.1. The highest BCUT2D eigenvalue weighted by Gasteiger charge is 2.15. The number of carboxylic acids is 1. The van der Waals surface area contributed by atoms with Crippen LogP contribution >= 0.6 is 11.6 Å². The molecule has 0 bridgehead atoms. The van der Waals surface area contributed by atoms with Gasteiger partial charge in [-0.1, -0.05) is 23.7 Å². The number of carbonyl (C=O) groups is 1. The lowest BCUT2D eigenvalue weighted by atomic mass is 10.2. The van der Waals surface area contributed by atoms with Gasteiger partial charge in [0.25, 0.3) is 6.36 Å². The number of hydrogen-bond acceptors (Lipinski definition) is 2. The van der Waals surface area contributed by atoms with Gasteiger partial charge in [0, 0.05) is 5.02 Å². The molecule has 1 N–H and O–H groups in total. The van der Waals surface area contributed by atoms with Crippen molar-refractivity contribution in [2.75, 3.05) is 0 Å². The van der Waals surface area contributed by atoms with Gasteiger partial charge in [0.05, 0.1) is 6.61 Å². The molecule has 76 valence electrons. The Kier molecular flexibility index (Phi) is 3.85. The largest absolute Gasteiger partial charge is 0.477 e. The van der Waals surface area contributed by atoms with Crippen molar-refractivity contribution < 1.29 is 19.0 Å². The summed E-state index contributed by atoms with van der Waals surface area (Å²) in [6.45, 7) is -0.117. The first-order valence-corrected chi connectivity index (χ1v) is 4.20. The van der Waals surface area contributed by atoms with E-state index in [9.17, 15) is 9.18 Å². The summed E-state index contributed by atoms with van der Waals surface area (Å²) in [6.07, 6.45) is -2.30. The molecular formula is C9H8ClFO3. The van der Waals surface area contributed by atoms with Crippen LogP contribution in [-0.2, 0) is 16.1 Å². The molecular weight excluding hydrogens is 211 g/mol.